The maximum Gasteiger partial charge on any atom is 0.302 e. The minimum atomic E-state index is -0.155. The molecule has 1 aromatic heterocycles. The van der Waals surface area contributed by atoms with Crippen molar-refractivity contribution in [3.63, 3.8) is 0 Å². The fraction of sp³-hybridized carbons (Fsp3) is 0.710. The normalized spacial score (nSPS) is 9.84. The van der Waals surface area contributed by atoms with Crippen molar-refractivity contribution in [1.82, 2.24) is 4.37 Å². The average Bonchev–Trinajstić information content (AvgIpc) is 3.36. The van der Waals surface area contributed by atoms with Crippen molar-refractivity contribution in [1.29, 1.82) is 0 Å². The number of halogens is 2. The van der Waals surface area contributed by atoms with Gasteiger partial charge in [0.15, 0.2) is 6.29 Å². The Kier molecular flexibility index (Phi) is 33.6. The van der Waals surface area contributed by atoms with Crippen LogP contribution in [0.5, 0.6) is 0 Å². The summed E-state index contributed by atoms with van der Waals surface area (Å²) in [7, 11) is 0. The topological polar surface area (TPSA) is 56.3 Å². The van der Waals surface area contributed by atoms with Gasteiger partial charge in [0.1, 0.15) is 5.69 Å². The average molecular weight is 680 g/mol. The van der Waals surface area contributed by atoms with Gasteiger partial charge in [-0.05, 0) is 24.0 Å². The van der Waals surface area contributed by atoms with Crippen LogP contribution in [-0.4, -0.2) is 33.9 Å². The molecule has 0 aliphatic heterocycles. The summed E-state index contributed by atoms with van der Waals surface area (Å²) in [5, 5.41) is 3.05. The van der Waals surface area contributed by atoms with Crippen LogP contribution >= 0.6 is 43.4 Å². The smallest absolute Gasteiger partial charge is 0.302 e. The maximum absolute atomic E-state index is 10.5. The predicted molar refractivity (Wildman–Crippen MR) is 176 cm³/mol. The minimum absolute atomic E-state index is 0.155. The fourth-order valence-corrected chi connectivity index (χ4v) is 4.25. The second kappa shape index (κ2) is 32.4. The molecule has 38 heavy (non-hydrogen) atoms. The number of fused-ring (bicyclic) bond motifs is 1. The summed E-state index contributed by atoms with van der Waals surface area (Å²) in [6, 6.07) is 7.71. The summed E-state index contributed by atoms with van der Waals surface area (Å²) in [5.74, 6) is -0.155. The van der Waals surface area contributed by atoms with E-state index in [9.17, 15) is 9.59 Å². The maximum atomic E-state index is 10.5. The van der Waals surface area contributed by atoms with Crippen molar-refractivity contribution in [2.75, 3.05) is 17.3 Å². The van der Waals surface area contributed by atoms with Crippen molar-refractivity contribution in [3.8, 4) is 0 Å². The summed E-state index contributed by atoms with van der Waals surface area (Å²) in [5.41, 5.74) is 0.547. The molecule has 1 heterocycles. The van der Waals surface area contributed by atoms with E-state index in [1.165, 1.54) is 108 Å². The molecule has 0 N–H and O–H groups in total. The Hall–Kier alpha value is -0.790. The number of benzene rings is 1. The molecule has 0 radical (unpaired) electrons. The zero-order chi connectivity index (χ0) is 28.7. The van der Waals surface area contributed by atoms with Gasteiger partial charge in [-0.2, -0.15) is 4.37 Å². The molecular formula is C31H53Br2NO3S. The van der Waals surface area contributed by atoms with Crippen molar-refractivity contribution >= 4 is 65.7 Å². The number of alkyl halides is 2. The first kappa shape index (κ1) is 39.4. The van der Waals surface area contributed by atoms with Gasteiger partial charge in [0.05, 0.1) is 11.3 Å². The predicted octanol–water partition coefficient (Wildman–Crippen LogP) is 11.3. The molecule has 2 rings (SSSR count). The molecule has 4 nitrogen and oxygen atoms in total. The number of aldehydes is 1. The lowest BCUT2D eigenvalue weighted by Gasteiger charge is -2.03. The lowest BCUT2D eigenvalue weighted by atomic mass is 10.1. The molecule has 0 saturated carbocycles. The number of ether oxygens (including phenoxy) is 1. The largest absolute Gasteiger partial charge is 0.466 e. The summed E-state index contributed by atoms with van der Waals surface area (Å²) in [6.45, 7) is 8.77. The van der Waals surface area contributed by atoms with Crippen molar-refractivity contribution < 1.29 is 14.3 Å². The van der Waals surface area contributed by atoms with Crippen LogP contribution in [0, 0.1) is 0 Å². The number of hydrogen-bond acceptors (Lipinski definition) is 5. The van der Waals surface area contributed by atoms with Crippen LogP contribution in [0.25, 0.3) is 10.1 Å². The van der Waals surface area contributed by atoms with Gasteiger partial charge in [0.25, 0.3) is 0 Å². The fourth-order valence-electron chi connectivity index (χ4n) is 3.50. The first-order chi connectivity index (χ1) is 18.5. The monoisotopic (exact) mass is 677 g/mol. The van der Waals surface area contributed by atoms with Gasteiger partial charge < -0.3 is 4.74 Å². The molecule has 0 unspecified atom stereocenters. The summed E-state index contributed by atoms with van der Waals surface area (Å²) >= 11 is 7.76. The third-order valence-electron chi connectivity index (χ3n) is 5.60. The van der Waals surface area contributed by atoms with Gasteiger partial charge >= 0.3 is 5.97 Å². The van der Waals surface area contributed by atoms with Crippen LogP contribution in [0.15, 0.2) is 24.3 Å². The van der Waals surface area contributed by atoms with Crippen molar-refractivity contribution in [2.24, 2.45) is 0 Å². The summed E-state index contributed by atoms with van der Waals surface area (Å²) < 4.78 is 9.95. The molecular weight excluding hydrogens is 626 g/mol. The standard InChI is InChI=1S/C16H32O2.C8H5NOS.C5H12.C2H4Br2/c1-3-4-5-6-7-8-9-10-11-12-13-14-15-18-16(2)17;10-5-7-6-3-1-2-4-8(6)11-9-7;1-3-5-4-2;3-1-2-4/h3-15H2,1-2H3;1-5H;3-5H2,1-2H3;1-2H2. The van der Waals surface area contributed by atoms with Gasteiger partial charge in [-0.25, -0.2) is 0 Å². The second-order valence-corrected chi connectivity index (χ2v) is 11.5. The van der Waals surface area contributed by atoms with E-state index in [0.717, 1.165) is 33.5 Å². The number of hydrogen-bond donors (Lipinski definition) is 0. The Bertz CT molecular complexity index is 766. The Balaban J connectivity index is 0. The summed E-state index contributed by atoms with van der Waals surface area (Å²) in [4.78, 5) is 20.9. The number of rotatable bonds is 17. The third kappa shape index (κ3) is 26.8. The Morgan fingerprint density at radius 2 is 1.26 bits per heavy atom. The van der Waals surface area contributed by atoms with Gasteiger partial charge in [0, 0.05) is 23.0 Å². The van der Waals surface area contributed by atoms with E-state index in [-0.39, 0.29) is 5.97 Å². The van der Waals surface area contributed by atoms with Gasteiger partial charge in [-0.15, -0.1) is 0 Å². The van der Waals surface area contributed by atoms with Gasteiger partial charge in [0.2, 0.25) is 0 Å². The molecule has 0 fully saturated rings. The minimum Gasteiger partial charge on any atom is -0.466 e. The van der Waals surface area contributed by atoms with Gasteiger partial charge in [-0.1, -0.05) is 161 Å². The van der Waals surface area contributed by atoms with Crippen LogP contribution in [0.4, 0.5) is 0 Å². The molecule has 2 aromatic rings. The van der Waals surface area contributed by atoms with E-state index >= 15 is 0 Å². The highest BCUT2D eigenvalue weighted by molar-refractivity contribution is 9.11. The number of nitrogens with zero attached hydrogens (tertiary/aromatic N) is 1. The van der Waals surface area contributed by atoms with E-state index < -0.39 is 0 Å². The number of aromatic nitrogens is 1. The Morgan fingerprint density at radius 1 is 0.789 bits per heavy atom. The molecule has 0 aliphatic rings. The molecule has 220 valence electrons. The van der Waals surface area contributed by atoms with E-state index in [4.69, 9.17) is 4.74 Å². The molecule has 0 amide bonds. The highest BCUT2D eigenvalue weighted by Crippen LogP contribution is 2.20. The third-order valence-corrected chi connectivity index (χ3v) is 8.30. The number of esters is 1. The van der Waals surface area contributed by atoms with E-state index in [1.54, 1.807) is 0 Å². The lowest BCUT2D eigenvalue weighted by Crippen LogP contribution is -2.00. The highest BCUT2D eigenvalue weighted by Gasteiger charge is 2.01. The second-order valence-electron chi connectivity index (χ2n) is 9.14. The van der Waals surface area contributed by atoms with Crippen LogP contribution in [0.1, 0.15) is 134 Å². The van der Waals surface area contributed by atoms with E-state index in [1.807, 2.05) is 24.3 Å². The number of unbranched alkanes of at least 4 members (excludes halogenated alkanes) is 13. The van der Waals surface area contributed by atoms with Gasteiger partial charge in [-0.3, -0.25) is 9.59 Å². The SMILES string of the molecule is BrCCBr.CCCCC.CCCCCCCCCCCCCCOC(C)=O.O=Cc1nsc2ccccc12. The van der Waals surface area contributed by atoms with E-state index in [0.29, 0.717) is 12.3 Å². The Labute approximate surface area is 254 Å². The molecule has 0 bridgehead atoms. The number of carbonyl (C=O) groups is 2. The lowest BCUT2D eigenvalue weighted by molar-refractivity contribution is -0.141. The zero-order valence-corrected chi connectivity index (χ0v) is 28.4. The molecule has 1 aromatic carbocycles. The molecule has 0 spiro atoms. The first-order valence-electron chi connectivity index (χ1n) is 14.6. The first-order valence-corrected chi connectivity index (χ1v) is 17.6. The zero-order valence-electron chi connectivity index (χ0n) is 24.5. The highest BCUT2D eigenvalue weighted by atomic mass is 79.9. The van der Waals surface area contributed by atoms with Crippen LogP contribution in [0.2, 0.25) is 0 Å². The van der Waals surface area contributed by atoms with Crippen molar-refractivity contribution in [3.05, 3.63) is 30.0 Å². The molecule has 0 aliphatic carbocycles. The van der Waals surface area contributed by atoms with Crippen LogP contribution in [0.3, 0.4) is 0 Å². The molecule has 0 atom stereocenters. The van der Waals surface area contributed by atoms with Crippen molar-refractivity contribution in [2.45, 2.75) is 124 Å². The number of carbonyl (C=O) groups excluding carboxylic acids is 2. The summed E-state index contributed by atoms with van der Waals surface area (Å²) in [6.07, 6.45) is 20.9. The Morgan fingerprint density at radius 3 is 1.68 bits per heavy atom. The van der Waals surface area contributed by atoms with E-state index in [2.05, 4.69) is 57.0 Å². The quantitative estimate of drug-likeness (QED) is 0.0723. The molecule has 7 heteroatoms. The van der Waals surface area contributed by atoms with Crippen LogP contribution in [-0.2, 0) is 9.53 Å². The molecule has 0 saturated heterocycles. The van der Waals surface area contributed by atoms with Crippen LogP contribution < -0.4 is 0 Å².